The quantitative estimate of drug-likeness (QED) is 0.772. The molecule has 0 radical (unpaired) electrons. The number of fused-ring (bicyclic) bond motifs is 1. The highest BCUT2D eigenvalue weighted by Crippen LogP contribution is 2.47. The Morgan fingerprint density at radius 3 is 2.15 bits per heavy atom. The number of carboxylic acid groups (broad SMARTS) is 1. The van der Waals surface area contributed by atoms with E-state index in [2.05, 4.69) is 46.8 Å². The molecule has 0 fully saturated rings. The Labute approximate surface area is 155 Å². The third-order valence-electron chi connectivity index (χ3n) is 6.04. The Hall–Kier alpha value is -2.38. The average Bonchev–Trinajstić information content (AvgIpc) is 2.58. The van der Waals surface area contributed by atoms with Gasteiger partial charge in [0.25, 0.3) is 0 Å². The first-order chi connectivity index (χ1) is 12.1. The van der Waals surface area contributed by atoms with Gasteiger partial charge in [-0.1, -0.05) is 45.9 Å². The zero-order valence-electron chi connectivity index (χ0n) is 16.2. The van der Waals surface area contributed by atoms with Gasteiger partial charge in [0, 0.05) is 6.42 Å². The number of allylic oxidation sites excluding steroid dienone is 3. The fourth-order valence-electron chi connectivity index (χ4n) is 4.17. The molecule has 136 valence electrons. The summed E-state index contributed by atoms with van der Waals surface area (Å²) >= 11 is 0. The zero-order valence-corrected chi connectivity index (χ0v) is 16.2. The van der Waals surface area contributed by atoms with Crippen molar-refractivity contribution >= 4 is 17.5 Å². The van der Waals surface area contributed by atoms with Crippen LogP contribution in [0.3, 0.4) is 0 Å². The Balaban J connectivity index is 2.17. The summed E-state index contributed by atoms with van der Waals surface area (Å²) in [5.41, 5.74) is 6.52. The predicted molar refractivity (Wildman–Crippen MR) is 104 cm³/mol. The lowest BCUT2D eigenvalue weighted by Gasteiger charge is -2.42. The van der Waals surface area contributed by atoms with Crippen molar-refractivity contribution < 1.29 is 14.7 Å². The standard InChI is InChI=1S/C23H26O3/c1-14-10-19-20(23(4,5)9-8-22(19,2)3)12-18(14)15-6-7-17(21(25)26)16(11-15)13-24/h6-7,10,12H,8-9,11H2,1-5H3,(H,25,26). The molecule has 0 heterocycles. The van der Waals surface area contributed by atoms with Crippen molar-refractivity contribution in [2.45, 2.75) is 64.7 Å². The van der Waals surface area contributed by atoms with Crippen LogP contribution in [0.2, 0.25) is 0 Å². The van der Waals surface area contributed by atoms with E-state index in [4.69, 9.17) is 0 Å². The molecular weight excluding hydrogens is 324 g/mol. The van der Waals surface area contributed by atoms with Gasteiger partial charge in [-0.3, -0.25) is 0 Å². The number of aliphatic carboxylic acids is 1. The molecule has 26 heavy (non-hydrogen) atoms. The van der Waals surface area contributed by atoms with E-state index in [1.54, 1.807) is 0 Å². The van der Waals surface area contributed by atoms with Gasteiger partial charge < -0.3 is 5.11 Å². The van der Waals surface area contributed by atoms with Crippen LogP contribution in [0, 0.1) is 6.92 Å². The maximum Gasteiger partial charge on any atom is 0.336 e. The van der Waals surface area contributed by atoms with Crippen LogP contribution in [0.15, 0.2) is 35.4 Å². The van der Waals surface area contributed by atoms with Crippen LogP contribution in [0.4, 0.5) is 0 Å². The van der Waals surface area contributed by atoms with E-state index in [0.29, 0.717) is 6.42 Å². The van der Waals surface area contributed by atoms with E-state index in [1.807, 2.05) is 12.0 Å². The van der Waals surface area contributed by atoms with Gasteiger partial charge in [-0.05, 0) is 64.5 Å². The summed E-state index contributed by atoms with van der Waals surface area (Å²) < 4.78 is 0. The van der Waals surface area contributed by atoms with Crippen molar-refractivity contribution in [1.29, 1.82) is 0 Å². The minimum atomic E-state index is -1.08. The molecule has 1 aromatic rings. The number of benzene rings is 1. The molecule has 0 aromatic heterocycles. The highest BCUT2D eigenvalue weighted by molar-refractivity contribution is 5.98. The minimum absolute atomic E-state index is 0.0424. The SMILES string of the molecule is Cc1cc2c(cc1C1=CC=C(C(=O)O)C(=C=O)C1)C(C)(C)CCC2(C)C. The number of carbonyl (C=O) groups is 1. The van der Waals surface area contributed by atoms with Crippen LogP contribution in [-0.2, 0) is 20.4 Å². The molecule has 0 aliphatic heterocycles. The fourth-order valence-corrected chi connectivity index (χ4v) is 4.17. The van der Waals surface area contributed by atoms with Crippen LogP contribution in [0.1, 0.15) is 69.2 Å². The number of aryl methyl sites for hydroxylation is 1. The summed E-state index contributed by atoms with van der Waals surface area (Å²) in [5, 5.41) is 9.24. The van der Waals surface area contributed by atoms with Gasteiger partial charge in [0.05, 0.1) is 11.1 Å². The van der Waals surface area contributed by atoms with E-state index in [-0.39, 0.29) is 22.0 Å². The minimum Gasteiger partial charge on any atom is -0.478 e. The van der Waals surface area contributed by atoms with Crippen molar-refractivity contribution in [1.82, 2.24) is 0 Å². The van der Waals surface area contributed by atoms with Gasteiger partial charge in [-0.2, -0.15) is 0 Å². The monoisotopic (exact) mass is 350 g/mol. The number of carbonyl (C=O) groups excluding carboxylic acids is 1. The maximum atomic E-state index is 11.3. The molecule has 1 N–H and O–H groups in total. The largest absolute Gasteiger partial charge is 0.478 e. The number of hydrogen-bond donors (Lipinski definition) is 1. The fraction of sp³-hybridized carbons (Fsp3) is 0.435. The average molecular weight is 350 g/mol. The molecule has 0 saturated carbocycles. The normalized spacial score (nSPS) is 20.6. The van der Waals surface area contributed by atoms with Gasteiger partial charge in [-0.15, -0.1) is 0 Å². The van der Waals surface area contributed by atoms with Crippen molar-refractivity contribution in [3.8, 4) is 0 Å². The lowest BCUT2D eigenvalue weighted by Crippen LogP contribution is -2.34. The van der Waals surface area contributed by atoms with Crippen molar-refractivity contribution in [2.75, 3.05) is 0 Å². The van der Waals surface area contributed by atoms with Gasteiger partial charge in [-0.25, -0.2) is 9.59 Å². The van der Waals surface area contributed by atoms with E-state index < -0.39 is 5.97 Å². The summed E-state index contributed by atoms with van der Waals surface area (Å²) in [6.07, 6.45) is 5.97. The Morgan fingerprint density at radius 1 is 1.04 bits per heavy atom. The second-order valence-electron chi connectivity index (χ2n) is 8.82. The first kappa shape index (κ1) is 18.4. The smallest absolute Gasteiger partial charge is 0.336 e. The maximum absolute atomic E-state index is 11.3. The van der Waals surface area contributed by atoms with Gasteiger partial charge in [0.15, 0.2) is 0 Å². The molecule has 2 aliphatic carbocycles. The van der Waals surface area contributed by atoms with Crippen molar-refractivity contribution in [3.63, 3.8) is 0 Å². The predicted octanol–water partition coefficient (Wildman–Crippen LogP) is 4.90. The second kappa shape index (κ2) is 6.10. The van der Waals surface area contributed by atoms with Crippen molar-refractivity contribution in [2.24, 2.45) is 0 Å². The lowest BCUT2D eigenvalue weighted by atomic mass is 9.62. The Kier molecular flexibility index (Phi) is 4.32. The molecule has 2 aliphatic rings. The molecule has 1 aromatic carbocycles. The van der Waals surface area contributed by atoms with E-state index in [1.165, 1.54) is 17.2 Å². The molecule has 3 rings (SSSR count). The van der Waals surface area contributed by atoms with Gasteiger partial charge in [0.2, 0.25) is 0 Å². The number of rotatable bonds is 2. The van der Waals surface area contributed by atoms with Crippen LogP contribution < -0.4 is 0 Å². The third kappa shape index (κ3) is 2.97. The summed E-state index contributed by atoms with van der Waals surface area (Å²) in [4.78, 5) is 22.5. The topological polar surface area (TPSA) is 54.4 Å². The van der Waals surface area contributed by atoms with E-state index >= 15 is 0 Å². The highest BCUT2D eigenvalue weighted by Gasteiger charge is 2.37. The first-order valence-electron chi connectivity index (χ1n) is 9.11. The zero-order chi connectivity index (χ0) is 19.3. The Bertz CT molecular complexity index is 904. The summed E-state index contributed by atoms with van der Waals surface area (Å²) in [6, 6.07) is 4.55. The molecule has 0 spiro atoms. The third-order valence-corrected chi connectivity index (χ3v) is 6.04. The molecule has 3 heteroatoms. The van der Waals surface area contributed by atoms with Gasteiger partial charge in [0.1, 0.15) is 5.94 Å². The van der Waals surface area contributed by atoms with E-state index in [9.17, 15) is 14.7 Å². The lowest BCUT2D eigenvalue weighted by molar-refractivity contribution is -0.132. The van der Waals surface area contributed by atoms with E-state index in [0.717, 1.165) is 29.5 Å². The molecule has 0 bridgehead atoms. The number of carboxylic acids is 1. The second-order valence-corrected chi connectivity index (χ2v) is 8.82. The molecule has 0 saturated heterocycles. The van der Waals surface area contributed by atoms with Crippen LogP contribution in [-0.4, -0.2) is 17.0 Å². The highest BCUT2D eigenvalue weighted by atomic mass is 16.4. The first-order valence-corrected chi connectivity index (χ1v) is 9.11. The molecule has 0 atom stereocenters. The molecule has 3 nitrogen and oxygen atoms in total. The van der Waals surface area contributed by atoms with Crippen molar-refractivity contribution in [3.05, 3.63) is 57.7 Å². The molecular formula is C23H26O3. The Morgan fingerprint density at radius 2 is 1.62 bits per heavy atom. The van der Waals surface area contributed by atoms with Crippen LogP contribution in [0.25, 0.3) is 5.57 Å². The van der Waals surface area contributed by atoms with Crippen LogP contribution >= 0.6 is 0 Å². The summed E-state index contributed by atoms with van der Waals surface area (Å²) in [7, 11) is 0. The summed E-state index contributed by atoms with van der Waals surface area (Å²) in [5.74, 6) is 0.743. The number of hydrogen-bond acceptors (Lipinski definition) is 2. The summed E-state index contributed by atoms with van der Waals surface area (Å²) in [6.45, 7) is 11.3. The molecule has 0 amide bonds. The van der Waals surface area contributed by atoms with Crippen LogP contribution in [0.5, 0.6) is 0 Å². The van der Waals surface area contributed by atoms with Gasteiger partial charge >= 0.3 is 5.97 Å². The molecule has 0 unspecified atom stereocenters.